The summed E-state index contributed by atoms with van der Waals surface area (Å²) in [5.74, 6) is 0. The smallest absolute Gasteiger partial charge is 0.246 e. The summed E-state index contributed by atoms with van der Waals surface area (Å²) in [4.78, 5) is 0.290. The van der Waals surface area contributed by atoms with Gasteiger partial charge < -0.3 is 0 Å². The molecule has 0 spiro atoms. The van der Waals surface area contributed by atoms with Gasteiger partial charge in [-0.2, -0.15) is 9.40 Å². The molecule has 3 rings (SSSR count). The van der Waals surface area contributed by atoms with Gasteiger partial charge in [-0.1, -0.05) is 88.4 Å². The zero-order chi connectivity index (χ0) is 21.1. The number of hydrogen-bond donors (Lipinski definition) is 0. The summed E-state index contributed by atoms with van der Waals surface area (Å²) in [6.07, 6.45) is 1.68. The Hall–Kier alpha value is -2.44. The number of benzene rings is 2. The van der Waals surface area contributed by atoms with E-state index in [1.807, 2.05) is 88.4 Å². The summed E-state index contributed by atoms with van der Waals surface area (Å²) in [7, 11) is -3.68. The van der Waals surface area contributed by atoms with E-state index in [9.17, 15) is 8.42 Å². The van der Waals surface area contributed by atoms with Crippen molar-refractivity contribution in [2.24, 2.45) is 0 Å². The second-order valence-electron chi connectivity index (χ2n) is 8.19. The monoisotopic (exact) mass is 411 g/mol. The molecule has 154 valence electrons. The third-order valence-electron chi connectivity index (χ3n) is 4.80. The van der Waals surface area contributed by atoms with Gasteiger partial charge in [-0.05, 0) is 11.1 Å². The second-order valence-corrected chi connectivity index (χ2v) is 10.1. The number of nitrogens with zero attached hydrogens (tertiary/aromatic N) is 3. The van der Waals surface area contributed by atoms with E-state index in [4.69, 9.17) is 0 Å². The lowest BCUT2D eigenvalue weighted by Crippen LogP contribution is -2.32. The molecular formula is C23H29N3O2S. The van der Waals surface area contributed by atoms with Crippen LogP contribution < -0.4 is 0 Å². The molecule has 0 fully saturated rings. The van der Waals surface area contributed by atoms with Crippen molar-refractivity contribution in [3.05, 3.63) is 83.7 Å². The first kappa shape index (κ1) is 21.3. The highest BCUT2D eigenvalue weighted by Gasteiger charge is 2.33. The van der Waals surface area contributed by atoms with Crippen molar-refractivity contribution in [2.75, 3.05) is 6.54 Å². The fraction of sp³-hybridized carbons (Fsp3) is 0.348. The van der Waals surface area contributed by atoms with Crippen molar-refractivity contribution in [1.82, 2.24) is 14.1 Å². The van der Waals surface area contributed by atoms with Crippen LogP contribution in [0.3, 0.4) is 0 Å². The SMILES string of the molecule is CCN(Cc1ccccc1)S(=O)(=O)c1cn(Cc2ccccc2)nc1C(C)(C)C. The molecule has 0 N–H and O–H groups in total. The normalized spacial score (nSPS) is 12.4. The maximum atomic E-state index is 13.6. The Morgan fingerprint density at radius 3 is 2.00 bits per heavy atom. The maximum absolute atomic E-state index is 13.6. The summed E-state index contributed by atoms with van der Waals surface area (Å²) >= 11 is 0. The average molecular weight is 412 g/mol. The molecule has 5 nitrogen and oxygen atoms in total. The molecule has 0 saturated carbocycles. The predicted molar refractivity (Wildman–Crippen MR) is 116 cm³/mol. The van der Waals surface area contributed by atoms with Gasteiger partial charge in [0.1, 0.15) is 4.90 Å². The Labute approximate surface area is 174 Å². The van der Waals surface area contributed by atoms with Crippen LogP contribution in [-0.2, 0) is 28.5 Å². The molecule has 0 amide bonds. The lowest BCUT2D eigenvalue weighted by atomic mass is 9.92. The largest absolute Gasteiger partial charge is 0.267 e. The third-order valence-corrected chi connectivity index (χ3v) is 6.72. The van der Waals surface area contributed by atoms with Gasteiger partial charge in [0.05, 0.1) is 12.2 Å². The van der Waals surface area contributed by atoms with Crippen molar-refractivity contribution in [3.63, 3.8) is 0 Å². The summed E-state index contributed by atoms with van der Waals surface area (Å²) in [6, 6.07) is 19.6. The van der Waals surface area contributed by atoms with Crippen LogP contribution in [0.5, 0.6) is 0 Å². The van der Waals surface area contributed by atoms with Crippen LogP contribution in [0, 0.1) is 0 Å². The van der Waals surface area contributed by atoms with Gasteiger partial charge in [0.25, 0.3) is 0 Å². The Morgan fingerprint density at radius 2 is 1.48 bits per heavy atom. The van der Waals surface area contributed by atoms with Gasteiger partial charge in [-0.3, -0.25) is 4.68 Å². The first-order chi connectivity index (χ1) is 13.7. The number of hydrogen-bond acceptors (Lipinski definition) is 3. The van der Waals surface area contributed by atoms with Crippen molar-refractivity contribution in [3.8, 4) is 0 Å². The van der Waals surface area contributed by atoms with E-state index < -0.39 is 15.4 Å². The molecule has 0 aliphatic rings. The van der Waals surface area contributed by atoms with Crippen LogP contribution in [0.2, 0.25) is 0 Å². The minimum absolute atomic E-state index is 0.290. The summed E-state index contributed by atoms with van der Waals surface area (Å²) in [5, 5.41) is 4.68. The molecule has 0 bridgehead atoms. The molecule has 0 aliphatic heterocycles. The molecule has 0 unspecified atom stereocenters. The van der Waals surface area contributed by atoms with Crippen molar-refractivity contribution < 1.29 is 8.42 Å². The highest BCUT2D eigenvalue weighted by atomic mass is 32.2. The highest BCUT2D eigenvalue weighted by molar-refractivity contribution is 7.89. The quantitative estimate of drug-likeness (QED) is 0.578. The van der Waals surface area contributed by atoms with Gasteiger partial charge in [0, 0.05) is 24.7 Å². The lowest BCUT2D eigenvalue weighted by molar-refractivity contribution is 0.420. The van der Waals surface area contributed by atoms with E-state index in [2.05, 4.69) is 5.10 Å². The van der Waals surface area contributed by atoms with Gasteiger partial charge in [0.15, 0.2) is 0 Å². The van der Waals surface area contributed by atoms with E-state index >= 15 is 0 Å². The molecule has 6 heteroatoms. The van der Waals surface area contributed by atoms with E-state index in [1.165, 1.54) is 4.31 Å². The second kappa shape index (κ2) is 8.51. The molecule has 2 aromatic carbocycles. The first-order valence-electron chi connectivity index (χ1n) is 9.87. The van der Waals surface area contributed by atoms with Crippen LogP contribution in [0.1, 0.15) is 44.5 Å². The minimum atomic E-state index is -3.68. The molecule has 1 heterocycles. The standard InChI is InChI=1S/C23H29N3O2S/c1-5-26(17-20-14-10-7-11-15-20)29(27,28)21-18-25(24-22(21)23(2,3)4)16-19-12-8-6-9-13-19/h6-15,18H,5,16-17H2,1-4H3. The summed E-state index contributed by atoms with van der Waals surface area (Å²) in [6.45, 7) is 9.12. The average Bonchev–Trinajstić information content (AvgIpc) is 3.13. The summed E-state index contributed by atoms with van der Waals surface area (Å²) in [5.41, 5.74) is 2.25. The maximum Gasteiger partial charge on any atom is 0.246 e. The number of rotatable bonds is 7. The van der Waals surface area contributed by atoms with Crippen LogP contribution in [0.4, 0.5) is 0 Å². The van der Waals surface area contributed by atoms with E-state index in [0.717, 1.165) is 11.1 Å². The molecule has 29 heavy (non-hydrogen) atoms. The van der Waals surface area contributed by atoms with Crippen LogP contribution >= 0.6 is 0 Å². The Morgan fingerprint density at radius 1 is 0.931 bits per heavy atom. The Balaban J connectivity index is 2.00. The minimum Gasteiger partial charge on any atom is -0.267 e. The number of aromatic nitrogens is 2. The van der Waals surface area contributed by atoms with Gasteiger partial charge >= 0.3 is 0 Å². The van der Waals surface area contributed by atoms with E-state index in [-0.39, 0.29) is 0 Å². The van der Waals surface area contributed by atoms with Crippen molar-refractivity contribution in [1.29, 1.82) is 0 Å². The van der Waals surface area contributed by atoms with Gasteiger partial charge in [-0.25, -0.2) is 8.42 Å². The molecule has 0 radical (unpaired) electrons. The van der Waals surface area contributed by atoms with Crippen molar-refractivity contribution in [2.45, 2.75) is 51.1 Å². The Kier molecular flexibility index (Phi) is 6.24. The fourth-order valence-electron chi connectivity index (χ4n) is 3.26. The zero-order valence-electron chi connectivity index (χ0n) is 17.5. The lowest BCUT2D eigenvalue weighted by Gasteiger charge is -2.23. The highest BCUT2D eigenvalue weighted by Crippen LogP contribution is 2.30. The van der Waals surface area contributed by atoms with Crippen molar-refractivity contribution >= 4 is 10.0 Å². The fourth-order valence-corrected chi connectivity index (χ4v) is 5.04. The summed E-state index contributed by atoms with van der Waals surface area (Å²) < 4.78 is 30.4. The van der Waals surface area contributed by atoms with E-state index in [0.29, 0.717) is 30.2 Å². The van der Waals surface area contributed by atoms with Crippen LogP contribution in [-0.4, -0.2) is 29.0 Å². The molecule has 3 aromatic rings. The molecule has 0 saturated heterocycles. The molecule has 1 aromatic heterocycles. The molecular weight excluding hydrogens is 382 g/mol. The molecule has 0 atom stereocenters. The first-order valence-corrected chi connectivity index (χ1v) is 11.3. The van der Waals surface area contributed by atoms with Crippen LogP contribution in [0.15, 0.2) is 71.8 Å². The van der Waals surface area contributed by atoms with Crippen LogP contribution in [0.25, 0.3) is 0 Å². The topological polar surface area (TPSA) is 55.2 Å². The zero-order valence-corrected chi connectivity index (χ0v) is 18.4. The molecule has 0 aliphatic carbocycles. The number of sulfonamides is 1. The van der Waals surface area contributed by atoms with Gasteiger partial charge in [-0.15, -0.1) is 0 Å². The van der Waals surface area contributed by atoms with E-state index in [1.54, 1.807) is 10.9 Å². The third kappa shape index (κ3) is 4.95. The Bertz CT molecular complexity index is 1040. The van der Waals surface area contributed by atoms with Gasteiger partial charge in [0.2, 0.25) is 10.0 Å². The predicted octanol–water partition coefficient (Wildman–Crippen LogP) is 4.44.